The molecule has 0 saturated carbocycles. The van der Waals surface area contributed by atoms with Crippen molar-refractivity contribution in [2.75, 3.05) is 12.8 Å². The zero-order valence-corrected chi connectivity index (χ0v) is 11.1. The van der Waals surface area contributed by atoms with Gasteiger partial charge >= 0.3 is 5.97 Å². The average Bonchev–Trinajstić information content (AvgIpc) is 2.70. The molecule has 1 heterocycles. The molecule has 1 rings (SSSR count). The van der Waals surface area contributed by atoms with Crippen molar-refractivity contribution in [1.82, 2.24) is 10.3 Å². The molecule has 0 aliphatic carbocycles. The van der Waals surface area contributed by atoms with Crippen LogP contribution < -0.4 is 5.32 Å². The van der Waals surface area contributed by atoms with E-state index in [4.69, 9.17) is 5.11 Å². The van der Waals surface area contributed by atoms with Crippen molar-refractivity contribution >= 4 is 35.0 Å². The van der Waals surface area contributed by atoms with E-state index in [9.17, 15) is 9.59 Å². The van der Waals surface area contributed by atoms with Crippen LogP contribution in [0.1, 0.15) is 18.5 Å². The van der Waals surface area contributed by atoms with E-state index in [0.29, 0.717) is 12.1 Å². The molecule has 0 atom stereocenters. The molecule has 7 heteroatoms. The van der Waals surface area contributed by atoms with E-state index >= 15 is 0 Å². The van der Waals surface area contributed by atoms with Crippen molar-refractivity contribution in [3.05, 3.63) is 11.1 Å². The zero-order chi connectivity index (χ0) is 12.7. The van der Waals surface area contributed by atoms with Crippen LogP contribution in [0.3, 0.4) is 0 Å². The van der Waals surface area contributed by atoms with Crippen molar-refractivity contribution < 1.29 is 14.7 Å². The normalized spacial score (nSPS) is 10.2. The number of rotatable bonds is 7. The lowest BCUT2D eigenvalue weighted by atomic mass is 10.3. The molecule has 0 spiro atoms. The van der Waals surface area contributed by atoms with Crippen LogP contribution in [-0.2, 0) is 16.0 Å². The van der Waals surface area contributed by atoms with Gasteiger partial charge in [-0.3, -0.25) is 9.59 Å². The van der Waals surface area contributed by atoms with E-state index in [1.54, 1.807) is 24.2 Å². The maximum atomic E-state index is 10.9. The number of thioether (sulfide) groups is 1. The highest BCUT2D eigenvalue weighted by molar-refractivity contribution is 8.01. The summed E-state index contributed by atoms with van der Waals surface area (Å²) in [6.45, 7) is 0. The Morgan fingerprint density at radius 3 is 3.00 bits per heavy atom. The van der Waals surface area contributed by atoms with Crippen LogP contribution in [-0.4, -0.2) is 34.8 Å². The molecule has 1 aromatic rings. The highest BCUT2D eigenvalue weighted by atomic mass is 32.2. The van der Waals surface area contributed by atoms with Crippen LogP contribution in [0.5, 0.6) is 0 Å². The Hall–Kier alpha value is -1.08. The molecule has 1 aromatic heterocycles. The van der Waals surface area contributed by atoms with Gasteiger partial charge in [-0.15, -0.1) is 11.3 Å². The van der Waals surface area contributed by atoms with Gasteiger partial charge in [0.1, 0.15) is 4.34 Å². The monoisotopic (exact) mass is 274 g/mol. The fourth-order valence-corrected chi connectivity index (χ4v) is 2.96. The van der Waals surface area contributed by atoms with Crippen molar-refractivity contribution in [3.63, 3.8) is 0 Å². The number of amides is 1. The molecule has 0 unspecified atom stereocenters. The predicted octanol–water partition coefficient (Wildman–Crippen LogP) is 1.39. The fourth-order valence-electron chi connectivity index (χ4n) is 1.11. The lowest BCUT2D eigenvalue weighted by molar-refractivity contribution is -0.136. The minimum absolute atomic E-state index is 0.0324. The first kappa shape index (κ1) is 14.0. The minimum Gasteiger partial charge on any atom is -0.481 e. The van der Waals surface area contributed by atoms with E-state index in [0.717, 1.165) is 16.5 Å². The number of carboxylic acids is 1. The first-order valence-corrected chi connectivity index (χ1v) is 6.98. The molecular weight excluding hydrogens is 260 g/mol. The third kappa shape index (κ3) is 5.69. The second kappa shape index (κ2) is 7.29. The molecule has 1 amide bonds. The highest BCUT2D eigenvalue weighted by Gasteiger charge is 2.06. The molecule has 94 valence electrons. The minimum atomic E-state index is -0.869. The predicted molar refractivity (Wildman–Crippen MR) is 67.5 cm³/mol. The zero-order valence-electron chi connectivity index (χ0n) is 9.43. The summed E-state index contributed by atoms with van der Waals surface area (Å²) < 4.78 is 0.859. The number of carboxylic acid groups (broad SMARTS) is 1. The van der Waals surface area contributed by atoms with Crippen LogP contribution in [0.25, 0.3) is 0 Å². The van der Waals surface area contributed by atoms with Gasteiger partial charge in [-0.05, 0) is 6.42 Å². The number of hydrogen-bond donors (Lipinski definition) is 2. The Labute approximate surface area is 108 Å². The maximum Gasteiger partial charge on any atom is 0.309 e. The van der Waals surface area contributed by atoms with E-state index in [1.807, 2.05) is 0 Å². The SMILES string of the molecule is CNC(=O)CCCSc1nc(CC(=O)O)cs1. The summed E-state index contributed by atoms with van der Waals surface area (Å²) in [6.07, 6.45) is 1.27. The molecule has 0 aromatic carbocycles. The Kier molecular flexibility index (Phi) is 5.99. The number of carbonyl (C=O) groups excluding carboxylic acids is 1. The summed E-state index contributed by atoms with van der Waals surface area (Å²) in [7, 11) is 1.62. The number of nitrogens with zero attached hydrogens (tertiary/aromatic N) is 1. The number of hydrogen-bond acceptors (Lipinski definition) is 5. The second-order valence-corrected chi connectivity index (χ2v) is 5.50. The summed E-state index contributed by atoms with van der Waals surface area (Å²) in [5.41, 5.74) is 0.594. The van der Waals surface area contributed by atoms with E-state index in [2.05, 4.69) is 10.3 Å². The van der Waals surface area contributed by atoms with Crippen molar-refractivity contribution in [2.45, 2.75) is 23.6 Å². The van der Waals surface area contributed by atoms with Gasteiger partial charge in [-0.2, -0.15) is 0 Å². The molecule has 2 N–H and O–H groups in total. The summed E-state index contributed by atoms with van der Waals surface area (Å²) in [5.74, 6) is -0.0178. The lowest BCUT2D eigenvalue weighted by Crippen LogP contribution is -2.17. The number of aliphatic carboxylic acids is 1. The molecular formula is C10H14N2O3S2. The highest BCUT2D eigenvalue weighted by Crippen LogP contribution is 2.23. The van der Waals surface area contributed by atoms with Gasteiger partial charge in [0.25, 0.3) is 0 Å². The third-order valence-electron chi connectivity index (χ3n) is 1.92. The van der Waals surface area contributed by atoms with E-state index < -0.39 is 5.97 Å². The number of thiazole rings is 1. The topological polar surface area (TPSA) is 79.3 Å². The lowest BCUT2D eigenvalue weighted by Gasteiger charge is -1.98. The molecule has 0 saturated heterocycles. The fraction of sp³-hybridized carbons (Fsp3) is 0.500. The van der Waals surface area contributed by atoms with Crippen LogP contribution in [0, 0.1) is 0 Å². The number of aromatic nitrogens is 1. The smallest absolute Gasteiger partial charge is 0.309 e. The summed E-state index contributed by atoms with van der Waals surface area (Å²) in [5, 5.41) is 12.9. The van der Waals surface area contributed by atoms with Crippen LogP contribution in [0.2, 0.25) is 0 Å². The first-order chi connectivity index (χ1) is 8.11. The van der Waals surface area contributed by atoms with Gasteiger partial charge in [0, 0.05) is 24.6 Å². The second-order valence-electron chi connectivity index (χ2n) is 3.30. The Balaban J connectivity index is 2.25. The molecule has 0 bridgehead atoms. The van der Waals surface area contributed by atoms with Gasteiger partial charge < -0.3 is 10.4 Å². The Bertz CT molecular complexity index is 393. The Morgan fingerprint density at radius 2 is 2.35 bits per heavy atom. The third-order valence-corrected chi connectivity index (χ3v) is 4.07. The van der Waals surface area contributed by atoms with Crippen LogP contribution in [0.15, 0.2) is 9.72 Å². The molecule has 17 heavy (non-hydrogen) atoms. The maximum absolute atomic E-state index is 10.9. The summed E-state index contributed by atoms with van der Waals surface area (Å²) >= 11 is 3.00. The van der Waals surface area contributed by atoms with Crippen molar-refractivity contribution in [2.24, 2.45) is 0 Å². The van der Waals surface area contributed by atoms with Crippen LogP contribution >= 0.6 is 23.1 Å². The van der Waals surface area contributed by atoms with Crippen molar-refractivity contribution in [1.29, 1.82) is 0 Å². The first-order valence-electron chi connectivity index (χ1n) is 5.11. The standard InChI is InChI=1S/C10H14N2O3S2/c1-11-8(13)3-2-4-16-10-12-7(6-17-10)5-9(14)15/h6H,2-5H2,1H3,(H,11,13)(H,14,15). The van der Waals surface area contributed by atoms with Gasteiger partial charge in [0.05, 0.1) is 12.1 Å². The summed E-state index contributed by atoms with van der Waals surface area (Å²) in [4.78, 5) is 25.6. The van der Waals surface area contributed by atoms with Crippen molar-refractivity contribution in [3.8, 4) is 0 Å². The average molecular weight is 274 g/mol. The van der Waals surface area contributed by atoms with Crippen LogP contribution in [0.4, 0.5) is 0 Å². The van der Waals surface area contributed by atoms with Gasteiger partial charge in [0.2, 0.25) is 5.91 Å². The van der Waals surface area contributed by atoms with E-state index in [-0.39, 0.29) is 12.3 Å². The van der Waals surface area contributed by atoms with E-state index in [1.165, 1.54) is 11.3 Å². The molecule has 5 nitrogen and oxygen atoms in total. The number of carbonyl (C=O) groups is 2. The number of nitrogens with one attached hydrogen (secondary N) is 1. The molecule has 0 fully saturated rings. The quantitative estimate of drug-likeness (QED) is 0.580. The Morgan fingerprint density at radius 1 is 1.59 bits per heavy atom. The summed E-state index contributed by atoms with van der Waals surface area (Å²) in [6, 6.07) is 0. The van der Waals surface area contributed by atoms with Gasteiger partial charge in [0.15, 0.2) is 0 Å². The molecule has 0 radical (unpaired) electrons. The molecule has 0 aliphatic rings. The van der Waals surface area contributed by atoms with Gasteiger partial charge in [-0.1, -0.05) is 11.8 Å². The van der Waals surface area contributed by atoms with Gasteiger partial charge in [-0.25, -0.2) is 4.98 Å². The largest absolute Gasteiger partial charge is 0.481 e. The molecule has 0 aliphatic heterocycles.